The van der Waals surface area contributed by atoms with Gasteiger partial charge in [-0.15, -0.1) is 0 Å². The lowest BCUT2D eigenvalue weighted by Crippen LogP contribution is -2.33. The third-order valence-electron chi connectivity index (χ3n) is 4.15. The maximum atomic E-state index is 6.47. The molecule has 1 nitrogen and oxygen atoms in total. The van der Waals surface area contributed by atoms with Crippen LogP contribution in [0.1, 0.15) is 56.2 Å². The largest absolute Gasteiger partial charge is 0.323 e. The van der Waals surface area contributed by atoms with Crippen LogP contribution in [-0.2, 0) is 0 Å². The molecule has 0 aromatic heterocycles. The van der Waals surface area contributed by atoms with E-state index in [0.717, 1.165) is 0 Å². The highest BCUT2D eigenvalue weighted by Gasteiger charge is 2.33. The van der Waals surface area contributed by atoms with Gasteiger partial charge in [-0.3, -0.25) is 0 Å². The first-order valence-corrected chi connectivity index (χ1v) is 6.44. The van der Waals surface area contributed by atoms with Gasteiger partial charge in [-0.1, -0.05) is 56.0 Å². The molecule has 1 aromatic carbocycles. The molecule has 0 amide bonds. The minimum atomic E-state index is 0.202. The average Bonchev–Trinajstić information content (AvgIpc) is 2.29. The minimum absolute atomic E-state index is 0.202. The Hall–Kier alpha value is -0.820. The van der Waals surface area contributed by atoms with Gasteiger partial charge in [0, 0.05) is 6.04 Å². The predicted octanol–water partition coefficient (Wildman–Crippen LogP) is 3.97. The van der Waals surface area contributed by atoms with Gasteiger partial charge >= 0.3 is 0 Å². The van der Waals surface area contributed by atoms with E-state index in [9.17, 15) is 0 Å². The Labute approximate surface area is 99.0 Å². The number of aryl methyl sites for hydroxylation is 1. The molecule has 1 aliphatic rings. The topological polar surface area (TPSA) is 26.0 Å². The fourth-order valence-corrected chi connectivity index (χ4v) is 2.94. The molecule has 1 heteroatoms. The molecule has 0 spiro atoms. The van der Waals surface area contributed by atoms with Crippen molar-refractivity contribution in [3.63, 3.8) is 0 Å². The summed E-state index contributed by atoms with van der Waals surface area (Å²) >= 11 is 0. The fourth-order valence-electron chi connectivity index (χ4n) is 2.94. The summed E-state index contributed by atoms with van der Waals surface area (Å²) in [7, 11) is 0. The van der Waals surface area contributed by atoms with Gasteiger partial charge in [-0.25, -0.2) is 0 Å². The highest BCUT2D eigenvalue weighted by molar-refractivity contribution is 5.26. The van der Waals surface area contributed by atoms with Gasteiger partial charge in [0.25, 0.3) is 0 Å². The van der Waals surface area contributed by atoms with Crippen molar-refractivity contribution >= 4 is 0 Å². The quantitative estimate of drug-likeness (QED) is 0.797. The first kappa shape index (κ1) is 11.7. The Kier molecular flexibility index (Phi) is 3.34. The number of benzene rings is 1. The molecular weight excluding hydrogens is 194 g/mol. The molecule has 0 heterocycles. The van der Waals surface area contributed by atoms with Gasteiger partial charge in [0.15, 0.2) is 0 Å². The van der Waals surface area contributed by atoms with E-state index in [1.165, 1.54) is 43.2 Å². The van der Waals surface area contributed by atoms with E-state index in [1.54, 1.807) is 0 Å². The molecule has 2 N–H and O–H groups in total. The Balaban J connectivity index is 2.20. The Bertz CT molecular complexity index is 350. The Morgan fingerprint density at radius 3 is 2.50 bits per heavy atom. The molecule has 1 saturated carbocycles. The molecule has 0 saturated heterocycles. The molecule has 0 aliphatic heterocycles. The molecule has 2 rings (SSSR count). The first-order chi connectivity index (χ1) is 7.62. The highest BCUT2D eigenvalue weighted by atomic mass is 14.7. The molecule has 1 aromatic rings. The van der Waals surface area contributed by atoms with Crippen LogP contribution in [0.3, 0.4) is 0 Å². The lowest BCUT2D eigenvalue weighted by Gasteiger charge is -2.39. The number of nitrogens with two attached hydrogens (primary N) is 1. The van der Waals surface area contributed by atoms with E-state index in [1.807, 2.05) is 0 Å². The van der Waals surface area contributed by atoms with Crippen molar-refractivity contribution in [1.82, 2.24) is 0 Å². The van der Waals surface area contributed by atoms with Crippen molar-refractivity contribution in [2.24, 2.45) is 11.1 Å². The van der Waals surface area contributed by atoms with E-state index in [2.05, 4.69) is 38.1 Å². The molecule has 0 bridgehead atoms. The van der Waals surface area contributed by atoms with E-state index in [-0.39, 0.29) is 6.04 Å². The van der Waals surface area contributed by atoms with Crippen molar-refractivity contribution in [2.45, 2.75) is 52.0 Å². The number of hydrogen-bond donors (Lipinski definition) is 1. The van der Waals surface area contributed by atoms with Gasteiger partial charge < -0.3 is 5.73 Å². The number of hydrogen-bond acceptors (Lipinski definition) is 1. The summed E-state index contributed by atoms with van der Waals surface area (Å²) in [5.74, 6) is 0. The van der Waals surface area contributed by atoms with Gasteiger partial charge in [-0.05, 0) is 30.7 Å². The summed E-state index contributed by atoms with van der Waals surface area (Å²) in [6, 6.07) is 8.88. The third-order valence-corrected chi connectivity index (χ3v) is 4.15. The maximum absolute atomic E-state index is 6.47. The van der Waals surface area contributed by atoms with Crippen LogP contribution >= 0.6 is 0 Å². The van der Waals surface area contributed by atoms with Crippen molar-refractivity contribution < 1.29 is 0 Å². The van der Waals surface area contributed by atoms with Crippen molar-refractivity contribution in [3.05, 3.63) is 35.4 Å². The normalized spacial score (nSPS) is 21.7. The first-order valence-electron chi connectivity index (χ1n) is 6.44. The van der Waals surface area contributed by atoms with E-state index >= 15 is 0 Å². The number of rotatable bonds is 2. The average molecular weight is 217 g/mol. The van der Waals surface area contributed by atoms with Crippen LogP contribution in [0.2, 0.25) is 0 Å². The van der Waals surface area contributed by atoms with Gasteiger partial charge in [0.05, 0.1) is 0 Å². The van der Waals surface area contributed by atoms with Crippen LogP contribution in [0.15, 0.2) is 24.3 Å². The Morgan fingerprint density at radius 2 is 1.88 bits per heavy atom. The molecule has 1 unspecified atom stereocenters. The molecular formula is C15H23N. The molecule has 0 radical (unpaired) electrons. The minimum Gasteiger partial charge on any atom is -0.323 e. The van der Waals surface area contributed by atoms with Crippen LogP contribution < -0.4 is 5.73 Å². The lowest BCUT2D eigenvalue weighted by atomic mass is 9.69. The second-order valence-corrected chi connectivity index (χ2v) is 5.61. The lowest BCUT2D eigenvalue weighted by molar-refractivity contribution is 0.170. The zero-order valence-electron chi connectivity index (χ0n) is 10.5. The van der Waals surface area contributed by atoms with Gasteiger partial charge in [0.1, 0.15) is 0 Å². The highest BCUT2D eigenvalue weighted by Crippen LogP contribution is 2.44. The standard InChI is InChI=1S/C15H23N/c1-12-7-6-8-13(11-12)14(16)15(2)9-4-3-5-10-15/h6-8,11,14H,3-5,9-10,16H2,1-2H3. The van der Waals surface area contributed by atoms with Crippen LogP contribution in [0, 0.1) is 12.3 Å². The van der Waals surface area contributed by atoms with E-state index < -0.39 is 0 Å². The monoisotopic (exact) mass is 217 g/mol. The fraction of sp³-hybridized carbons (Fsp3) is 0.600. The van der Waals surface area contributed by atoms with Gasteiger partial charge in [-0.2, -0.15) is 0 Å². The zero-order valence-corrected chi connectivity index (χ0v) is 10.5. The molecule has 1 fully saturated rings. The summed E-state index contributed by atoms with van der Waals surface area (Å²) in [6.45, 7) is 4.50. The smallest absolute Gasteiger partial charge is 0.0349 e. The van der Waals surface area contributed by atoms with Crippen LogP contribution in [-0.4, -0.2) is 0 Å². The maximum Gasteiger partial charge on any atom is 0.0349 e. The van der Waals surface area contributed by atoms with Crippen molar-refractivity contribution in [1.29, 1.82) is 0 Å². The molecule has 16 heavy (non-hydrogen) atoms. The predicted molar refractivity (Wildman–Crippen MR) is 69.3 cm³/mol. The van der Waals surface area contributed by atoms with Crippen LogP contribution in [0.5, 0.6) is 0 Å². The summed E-state index contributed by atoms with van der Waals surface area (Å²) in [4.78, 5) is 0. The van der Waals surface area contributed by atoms with Crippen LogP contribution in [0.25, 0.3) is 0 Å². The molecule has 1 aliphatic carbocycles. The zero-order chi connectivity index (χ0) is 11.6. The third kappa shape index (κ3) is 2.30. The molecule has 1 atom stereocenters. The van der Waals surface area contributed by atoms with Crippen molar-refractivity contribution in [2.75, 3.05) is 0 Å². The van der Waals surface area contributed by atoms with Crippen molar-refractivity contribution in [3.8, 4) is 0 Å². The Morgan fingerprint density at radius 1 is 1.19 bits per heavy atom. The second kappa shape index (κ2) is 4.58. The summed E-state index contributed by atoms with van der Waals surface area (Å²) in [6.07, 6.45) is 6.63. The van der Waals surface area contributed by atoms with Crippen LogP contribution in [0.4, 0.5) is 0 Å². The molecule has 88 valence electrons. The van der Waals surface area contributed by atoms with E-state index in [0.29, 0.717) is 5.41 Å². The summed E-state index contributed by atoms with van der Waals surface area (Å²) < 4.78 is 0. The van der Waals surface area contributed by atoms with E-state index in [4.69, 9.17) is 5.73 Å². The van der Waals surface area contributed by atoms with Gasteiger partial charge in [0.2, 0.25) is 0 Å². The summed E-state index contributed by atoms with van der Waals surface area (Å²) in [5.41, 5.74) is 9.41. The summed E-state index contributed by atoms with van der Waals surface area (Å²) in [5, 5.41) is 0. The second-order valence-electron chi connectivity index (χ2n) is 5.61. The SMILES string of the molecule is Cc1cccc(C(N)C2(C)CCCCC2)c1.